The van der Waals surface area contributed by atoms with Gasteiger partial charge in [0.15, 0.2) is 0 Å². The average Bonchev–Trinajstić information content (AvgIpc) is 2.64. The van der Waals surface area contributed by atoms with Gasteiger partial charge in [-0.1, -0.05) is 12.1 Å². The fraction of sp³-hybridized carbons (Fsp3) is 0.538. The second kappa shape index (κ2) is 4.85. The third-order valence-electron chi connectivity index (χ3n) is 3.20. The molecule has 0 saturated carbocycles. The Morgan fingerprint density at radius 2 is 2.25 bits per heavy atom. The number of benzene rings is 1. The van der Waals surface area contributed by atoms with E-state index in [2.05, 4.69) is 43.1 Å². The number of nitrogens with two attached hydrogens (primary N) is 1. The summed E-state index contributed by atoms with van der Waals surface area (Å²) in [6.07, 6.45) is 0. The van der Waals surface area contributed by atoms with E-state index in [9.17, 15) is 0 Å². The summed E-state index contributed by atoms with van der Waals surface area (Å²) in [5.74, 6) is 0.450. The number of hydrogen-bond acceptors (Lipinski definition) is 3. The van der Waals surface area contributed by atoms with Crippen molar-refractivity contribution in [2.24, 2.45) is 11.7 Å². The third kappa shape index (κ3) is 2.54. The van der Waals surface area contributed by atoms with Crippen LogP contribution >= 0.6 is 0 Å². The first-order valence-electron chi connectivity index (χ1n) is 5.78. The summed E-state index contributed by atoms with van der Waals surface area (Å²) < 4.78 is 5.38. The van der Waals surface area contributed by atoms with Crippen LogP contribution in [0.3, 0.4) is 0 Å². The number of hydrogen-bond donors (Lipinski definition) is 1. The van der Waals surface area contributed by atoms with Crippen molar-refractivity contribution in [3.05, 3.63) is 29.8 Å². The molecule has 1 aromatic carbocycles. The van der Waals surface area contributed by atoms with Gasteiger partial charge in [-0.25, -0.2) is 0 Å². The molecule has 1 heterocycles. The maximum Gasteiger partial charge on any atom is 0.0621 e. The molecule has 2 unspecified atom stereocenters. The molecule has 0 aromatic heterocycles. The van der Waals surface area contributed by atoms with Crippen molar-refractivity contribution in [2.45, 2.75) is 13.0 Å². The summed E-state index contributed by atoms with van der Waals surface area (Å²) in [5.41, 5.74) is 8.52. The van der Waals surface area contributed by atoms with E-state index in [4.69, 9.17) is 10.5 Å². The van der Waals surface area contributed by atoms with Gasteiger partial charge in [-0.2, -0.15) is 0 Å². The van der Waals surface area contributed by atoms with E-state index in [1.807, 2.05) is 0 Å². The Balaban J connectivity index is 1.99. The van der Waals surface area contributed by atoms with Crippen molar-refractivity contribution in [1.29, 1.82) is 0 Å². The van der Waals surface area contributed by atoms with Gasteiger partial charge >= 0.3 is 0 Å². The van der Waals surface area contributed by atoms with Crippen LogP contribution in [0.1, 0.15) is 5.56 Å². The number of rotatable bonds is 3. The van der Waals surface area contributed by atoms with Crippen molar-refractivity contribution in [1.82, 2.24) is 0 Å². The van der Waals surface area contributed by atoms with E-state index in [-0.39, 0.29) is 6.04 Å². The van der Waals surface area contributed by atoms with Crippen LogP contribution in [0.25, 0.3) is 0 Å². The van der Waals surface area contributed by atoms with Gasteiger partial charge in [0.05, 0.1) is 13.2 Å². The van der Waals surface area contributed by atoms with Crippen molar-refractivity contribution in [3.63, 3.8) is 0 Å². The number of nitrogens with zero attached hydrogens (tertiary/aromatic N) is 1. The zero-order valence-electron chi connectivity index (χ0n) is 10.0. The lowest BCUT2D eigenvalue weighted by molar-refractivity contribution is 0.185. The molecule has 1 saturated heterocycles. The van der Waals surface area contributed by atoms with Crippen LogP contribution in [0.5, 0.6) is 0 Å². The summed E-state index contributed by atoms with van der Waals surface area (Å²) in [6.45, 7) is 4.57. The Morgan fingerprint density at radius 1 is 1.44 bits per heavy atom. The van der Waals surface area contributed by atoms with E-state index in [1.54, 1.807) is 0 Å². The van der Waals surface area contributed by atoms with Gasteiger partial charge in [0.1, 0.15) is 0 Å². The highest BCUT2D eigenvalue weighted by molar-refractivity contribution is 5.47. The minimum atomic E-state index is 0.187. The van der Waals surface area contributed by atoms with Gasteiger partial charge < -0.3 is 15.4 Å². The smallest absolute Gasteiger partial charge is 0.0621 e. The molecule has 1 fully saturated rings. The van der Waals surface area contributed by atoms with E-state index in [0.29, 0.717) is 12.5 Å². The molecule has 0 bridgehead atoms. The molecule has 2 N–H and O–H groups in total. The lowest BCUT2D eigenvalue weighted by atomic mass is 10.0. The van der Waals surface area contributed by atoms with E-state index >= 15 is 0 Å². The molecule has 1 aliphatic rings. The van der Waals surface area contributed by atoms with Crippen LogP contribution < -0.4 is 10.6 Å². The number of ether oxygens (including phenoxy) is 1. The summed E-state index contributed by atoms with van der Waals surface area (Å²) in [7, 11) is 2.11. The first-order chi connectivity index (χ1) is 7.66. The molecule has 3 heteroatoms. The normalized spacial score (nSPS) is 24.7. The van der Waals surface area contributed by atoms with Crippen molar-refractivity contribution in [2.75, 3.05) is 31.7 Å². The molecule has 88 valence electrons. The van der Waals surface area contributed by atoms with Crippen LogP contribution in [0.15, 0.2) is 24.3 Å². The minimum Gasteiger partial charge on any atom is -0.379 e. The van der Waals surface area contributed by atoms with Crippen LogP contribution in [0.4, 0.5) is 5.69 Å². The Bertz CT molecular complexity index is 354. The number of anilines is 1. The molecule has 2 atom stereocenters. The van der Waals surface area contributed by atoms with Crippen molar-refractivity contribution in [3.8, 4) is 0 Å². The molecular weight excluding hydrogens is 200 g/mol. The highest BCUT2D eigenvalue weighted by atomic mass is 16.5. The first-order valence-corrected chi connectivity index (χ1v) is 5.78. The molecule has 1 aliphatic heterocycles. The fourth-order valence-electron chi connectivity index (χ4n) is 2.13. The van der Waals surface area contributed by atoms with E-state index < -0.39 is 0 Å². The topological polar surface area (TPSA) is 38.5 Å². The maximum absolute atomic E-state index is 5.98. The van der Waals surface area contributed by atoms with Crippen LogP contribution in [0.2, 0.25) is 0 Å². The summed E-state index contributed by atoms with van der Waals surface area (Å²) in [6, 6.07) is 8.72. The standard InChI is InChI=1S/C13H20N2O/c1-10-4-3-5-12(6-10)15(2)7-11-8-16-9-13(11)14/h3-6,11,13H,7-9,14H2,1-2H3. The molecule has 1 aromatic rings. The van der Waals surface area contributed by atoms with Gasteiger partial charge in [0.2, 0.25) is 0 Å². The zero-order valence-corrected chi connectivity index (χ0v) is 10.0. The molecule has 0 radical (unpaired) electrons. The summed E-state index contributed by atoms with van der Waals surface area (Å²) >= 11 is 0. The Labute approximate surface area is 97.2 Å². The average molecular weight is 220 g/mol. The minimum absolute atomic E-state index is 0.187. The van der Waals surface area contributed by atoms with E-state index in [0.717, 1.165) is 13.2 Å². The molecule has 0 aliphatic carbocycles. The highest BCUT2D eigenvalue weighted by Gasteiger charge is 2.25. The highest BCUT2D eigenvalue weighted by Crippen LogP contribution is 2.19. The second-order valence-corrected chi connectivity index (χ2v) is 4.68. The summed E-state index contributed by atoms with van der Waals surface area (Å²) in [5, 5.41) is 0. The maximum atomic E-state index is 5.98. The van der Waals surface area contributed by atoms with Crippen LogP contribution in [-0.2, 0) is 4.74 Å². The van der Waals surface area contributed by atoms with E-state index in [1.165, 1.54) is 11.3 Å². The Kier molecular flexibility index (Phi) is 3.46. The largest absolute Gasteiger partial charge is 0.379 e. The van der Waals surface area contributed by atoms with Gasteiger partial charge in [-0.3, -0.25) is 0 Å². The van der Waals surface area contributed by atoms with Gasteiger partial charge in [-0.15, -0.1) is 0 Å². The molecule has 3 nitrogen and oxygen atoms in total. The molecule has 16 heavy (non-hydrogen) atoms. The number of aryl methyl sites for hydroxylation is 1. The Hall–Kier alpha value is -1.06. The van der Waals surface area contributed by atoms with Gasteiger partial charge in [-0.05, 0) is 24.6 Å². The van der Waals surface area contributed by atoms with Crippen molar-refractivity contribution >= 4 is 5.69 Å². The zero-order chi connectivity index (χ0) is 11.5. The Morgan fingerprint density at radius 3 is 2.88 bits per heavy atom. The monoisotopic (exact) mass is 220 g/mol. The quantitative estimate of drug-likeness (QED) is 0.837. The molecule has 2 rings (SSSR count). The van der Waals surface area contributed by atoms with Crippen LogP contribution in [-0.4, -0.2) is 32.8 Å². The SMILES string of the molecule is Cc1cccc(N(C)CC2COCC2N)c1. The molecule has 0 spiro atoms. The summed E-state index contributed by atoms with van der Waals surface area (Å²) in [4.78, 5) is 2.26. The van der Waals surface area contributed by atoms with Crippen molar-refractivity contribution < 1.29 is 4.74 Å². The fourth-order valence-corrected chi connectivity index (χ4v) is 2.13. The predicted molar refractivity (Wildman–Crippen MR) is 66.7 cm³/mol. The predicted octanol–water partition coefficient (Wildman–Crippen LogP) is 1.40. The lowest BCUT2D eigenvalue weighted by Gasteiger charge is -2.24. The van der Waals surface area contributed by atoms with Gasteiger partial charge in [0, 0.05) is 31.2 Å². The molecular formula is C13H20N2O. The van der Waals surface area contributed by atoms with Crippen LogP contribution in [0, 0.1) is 12.8 Å². The lowest BCUT2D eigenvalue weighted by Crippen LogP contribution is -2.36. The third-order valence-corrected chi connectivity index (χ3v) is 3.20. The first kappa shape index (κ1) is 11.4. The van der Waals surface area contributed by atoms with Gasteiger partial charge in [0.25, 0.3) is 0 Å². The molecule has 0 amide bonds. The second-order valence-electron chi connectivity index (χ2n) is 4.68.